The van der Waals surface area contributed by atoms with Crippen LogP contribution in [0.3, 0.4) is 0 Å². The minimum absolute atomic E-state index is 0.306. The molecule has 0 N–H and O–H groups in total. The Hall–Kier alpha value is -0.670. The molecule has 0 unspecified atom stereocenters. The van der Waals surface area contributed by atoms with Crippen LogP contribution in [0.25, 0.3) is 0 Å². The minimum atomic E-state index is -0.306. The van der Waals surface area contributed by atoms with Gasteiger partial charge in [-0.1, -0.05) is 6.92 Å². The summed E-state index contributed by atoms with van der Waals surface area (Å²) in [4.78, 5) is 9.15. The Labute approximate surface area is 114 Å². The molecule has 0 aliphatic heterocycles. The topological polar surface area (TPSA) is 35.0 Å². The Bertz CT molecular complexity index is 414. The van der Waals surface area contributed by atoms with Gasteiger partial charge in [0.25, 0.3) is 0 Å². The lowest BCUT2D eigenvalue weighted by Crippen LogP contribution is -2.35. The Kier molecular flexibility index (Phi) is 4.23. The van der Waals surface area contributed by atoms with Crippen molar-refractivity contribution in [3.05, 3.63) is 23.3 Å². The van der Waals surface area contributed by atoms with Crippen molar-refractivity contribution in [2.24, 2.45) is 5.92 Å². The molecule has 100 valence electrons. The molecule has 3 nitrogen and oxygen atoms in total. The lowest BCUT2D eigenvalue weighted by molar-refractivity contribution is -0.0599. The highest BCUT2D eigenvalue weighted by molar-refractivity contribution is 6.16. The fraction of sp³-hybridized carbons (Fsp3) is 0.714. The summed E-state index contributed by atoms with van der Waals surface area (Å²) in [5.41, 5.74) is 1.54. The summed E-state index contributed by atoms with van der Waals surface area (Å²) in [5, 5.41) is 0. The second kappa shape index (κ2) is 5.54. The first-order valence-electron chi connectivity index (χ1n) is 6.56. The second-order valence-corrected chi connectivity index (χ2v) is 5.61. The van der Waals surface area contributed by atoms with Crippen molar-refractivity contribution in [2.45, 2.75) is 51.0 Å². The zero-order chi connectivity index (χ0) is 13.2. The van der Waals surface area contributed by atoms with E-state index in [1.807, 2.05) is 13.0 Å². The molecule has 0 bridgehead atoms. The van der Waals surface area contributed by atoms with E-state index in [0.717, 1.165) is 36.0 Å². The highest BCUT2D eigenvalue weighted by atomic mass is 35.5. The van der Waals surface area contributed by atoms with Crippen LogP contribution >= 0.6 is 11.6 Å². The van der Waals surface area contributed by atoms with Crippen LogP contribution in [-0.4, -0.2) is 17.1 Å². The molecule has 0 amide bonds. The van der Waals surface area contributed by atoms with Gasteiger partial charge < -0.3 is 4.74 Å². The van der Waals surface area contributed by atoms with Crippen LogP contribution in [0.15, 0.2) is 6.07 Å². The molecule has 1 aliphatic carbocycles. The smallest absolute Gasteiger partial charge is 0.160 e. The van der Waals surface area contributed by atoms with E-state index in [1.54, 1.807) is 7.11 Å². The summed E-state index contributed by atoms with van der Waals surface area (Å²) >= 11 is 5.89. The highest BCUT2D eigenvalue weighted by Crippen LogP contribution is 2.40. The van der Waals surface area contributed by atoms with E-state index in [1.165, 1.54) is 12.8 Å². The predicted octanol–water partition coefficient (Wildman–Crippen LogP) is 3.58. The molecule has 1 aliphatic rings. The first-order valence-corrected chi connectivity index (χ1v) is 7.09. The lowest BCUT2D eigenvalue weighted by Gasteiger charge is -2.37. The SMILES string of the molecule is COC1(c2nc(C)cc(CCl)n2)CCC(C)CC1. The number of halogens is 1. The van der Waals surface area contributed by atoms with Gasteiger partial charge >= 0.3 is 0 Å². The van der Waals surface area contributed by atoms with Gasteiger partial charge in [-0.05, 0) is 44.6 Å². The van der Waals surface area contributed by atoms with Gasteiger partial charge in [-0.3, -0.25) is 0 Å². The van der Waals surface area contributed by atoms with Crippen molar-refractivity contribution in [1.82, 2.24) is 9.97 Å². The van der Waals surface area contributed by atoms with E-state index < -0.39 is 0 Å². The zero-order valence-electron chi connectivity index (χ0n) is 11.4. The molecule has 0 saturated heterocycles. The van der Waals surface area contributed by atoms with E-state index >= 15 is 0 Å². The van der Waals surface area contributed by atoms with E-state index in [2.05, 4.69) is 16.9 Å². The van der Waals surface area contributed by atoms with Gasteiger partial charge in [0.05, 0.1) is 11.6 Å². The third kappa shape index (κ3) is 2.67. The van der Waals surface area contributed by atoms with Crippen molar-refractivity contribution in [1.29, 1.82) is 0 Å². The molecule has 1 aromatic heterocycles. The van der Waals surface area contributed by atoms with Crippen molar-refractivity contribution >= 4 is 11.6 Å². The number of alkyl halides is 1. The number of hydrogen-bond donors (Lipinski definition) is 0. The molecule has 4 heteroatoms. The molecular weight excluding hydrogens is 248 g/mol. The molecule has 0 spiro atoms. The number of rotatable bonds is 3. The van der Waals surface area contributed by atoms with E-state index in [9.17, 15) is 0 Å². The molecule has 0 radical (unpaired) electrons. The van der Waals surface area contributed by atoms with Crippen LogP contribution in [0.1, 0.15) is 49.8 Å². The molecule has 1 heterocycles. The van der Waals surface area contributed by atoms with Gasteiger partial charge in [-0.25, -0.2) is 9.97 Å². The average molecular weight is 269 g/mol. The third-order valence-electron chi connectivity index (χ3n) is 3.92. The van der Waals surface area contributed by atoms with Gasteiger partial charge in [0, 0.05) is 12.8 Å². The summed E-state index contributed by atoms with van der Waals surface area (Å²) in [6.07, 6.45) is 4.33. The molecule has 1 aromatic rings. The Morgan fingerprint density at radius 1 is 1.39 bits per heavy atom. The molecular formula is C14H21ClN2O. The maximum absolute atomic E-state index is 5.89. The molecule has 1 fully saturated rings. The maximum atomic E-state index is 5.89. The highest BCUT2D eigenvalue weighted by Gasteiger charge is 2.38. The monoisotopic (exact) mass is 268 g/mol. The molecule has 18 heavy (non-hydrogen) atoms. The summed E-state index contributed by atoms with van der Waals surface area (Å²) in [7, 11) is 1.77. The van der Waals surface area contributed by atoms with Gasteiger partial charge in [0.1, 0.15) is 5.60 Å². The minimum Gasteiger partial charge on any atom is -0.370 e. The number of hydrogen-bond acceptors (Lipinski definition) is 3. The normalized spacial score (nSPS) is 28.3. The molecule has 1 saturated carbocycles. The van der Waals surface area contributed by atoms with Crippen molar-refractivity contribution in [3.63, 3.8) is 0 Å². The van der Waals surface area contributed by atoms with Crippen LogP contribution in [0.4, 0.5) is 0 Å². The van der Waals surface area contributed by atoms with Gasteiger partial charge in [-0.15, -0.1) is 11.6 Å². The number of aryl methyl sites for hydroxylation is 1. The van der Waals surface area contributed by atoms with Gasteiger partial charge in [-0.2, -0.15) is 0 Å². The summed E-state index contributed by atoms with van der Waals surface area (Å²) in [5.74, 6) is 2.00. The largest absolute Gasteiger partial charge is 0.370 e. The molecule has 0 aromatic carbocycles. The Balaban J connectivity index is 2.35. The predicted molar refractivity (Wildman–Crippen MR) is 72.6 cm³/mol. The van der Waals surface area contributed by atoms with E-state index in [0.29, 0.717) is 5.88 Å². The number of methoxy groups -OCH3 is 1. The van der Waals surface area contributed by atoms with E-state index in [4.69, 9.17) is 16.3 Å². The molecule has 0 atom stereocenters. The Morgan fingerprint density at radius 2 is 2.06 bits per heavy atom. The third-order valence-corrected chi connectivity index (χ3v) is 4.20. The number of nitrogens with zero attached hydrogens (tertiary/aromatic N) is 2. The number of aromatic nitrogens is 2. The van der Waals surface area contributed by atoms with Crippen LogP contribution in [-0.2, 0) is 16.2 Å². The van der Waals surface area contributed by atoms with Crippen molar-refractivity contribution < 1.29 is 4.74 Å². The lowest BCUT2D eigenvalue weighted by atomic mass is 9.79. The molecule has 2 rings (SSSR count). The first kappa shape index (κ1) is 13.8. The standard InChI is InChI=1S/C14H21ClN2O/c1-10-4-6-14(18-3,7-5-10)13-16-11(2)8-12(9-15)17-13/h8,10H,4-7,9H2,1-3H3. The fourth-order valence-corrected chi connectivity index (χ4v) is 2.79. The maximum Gasteiger partial charge on any atom is 0.160 e. The van der Waals surface area contributed by atoms with Crippen molar-refractivity contribution in [3.8, 4) is 0 Å². The van der Waals surface area contributed by atoms with Crippen LogP contribution in [0.5, 0.6) is 0 Å². The first-order chi connectivity index (χ1) is 8.59. The van der Waals surface area contributed by atoms with Gasteiger partial charge in [0.15, 0.2) is 5.82 Å². The fourth-order valence-electron chi connectivity index (χ4n) is 2.65. The quantitative estimate of drug-likeness (QED) is 0.786. The zero-order valence-corrected chi connectivity index (χ0v) is 12.1. The Morgan fingerprint density at radius 3 is 2.61 bits per heavy atom. The van der Waals surface area contributed by atoms with Crippen LogP contribution in [0, 0.1) is 12.8 Å². The van der Waals surface area contributed by atoms with Crippen molar-refractivity contribution in [2.75, 3.05) is 7.11 Å². The summed E-state index contributed by atoms with van der Waals surface area (Å²) < 4.78 is 5.80. The van der Waals surface area contributed by atoms with E-state index in [-0.39, 0.29) is 5.60 Å². The number of ether oxygens (including phenoxy) is 1. The van der Waals surface area contributed by atoms with Crippen LogP contribution < -0.4 is 0 Å². The van der Waals surface area contributed by atoms with Gasteiger partial charge in [0.2, 0.25) is 0 Å². The second-order valence-electron chi connectivity index (χ2n) is 5.34. The van der Waals surface area contributed by atoms with Crippen LogP contribution in [0.2, 0.25) is 0 Å². The summed E-state index contributed by atoms with van der Waals surface area (Å²) in [6, 6.07) is 1.94. The average Bonchev–Trinajstić information content (AvgIpc) is 2.39. The summed E-state index contributed by atoms with van der Waals surface area (Å²) in [6.45, 7) is 4.27.